The van der Waals surface area contributed by atoms with E-state index in [2.05, 4.69) is 40.6 Å². The Labute approximate surface area is 181 Å². The predicted molar refractivity (Wildman–Crippen MR) is 119 cm³/mol. The first-order valence-corrected chi connectivity index (χ1v) is 10.4. The van der Waals surface area contributed by atoms with Crippen LogP contribution in [-0.2, 0) is 4.79 Å². The van der Waals surface area contributed by atoms with Gasteiger partial charge in [0.25, 0.3) is 0 Å². The van der Waals surface area contributed by atoms with E-state index in [1.165, 1.54) is 0 Å². The molecule has 2 aromatic carbocycles. The summed E-state index contributed by atoms with van der Waals surface area (Å²) in [5.41, 5.74) is 4.82. The number of amides is 1. The number of nitrogens with zero attached hydrogens (tertiary/aromatic N) is 4. The van der Waals surface area contributed by atoms with Gasteiger partial charge >= 0.3 is 0 Å². The quantitative estimate of drug-likeness (QED) is 0.680. The largest absolute Gasteiger partial charge is 0.354 e. The van der Waals surface area contributed by atoms with Gasteiger partial charge in [-0.15, -0.1) is 10.2 Å². The van der Waals surface area contributed by atoms with Gasteiger partial charge in [-0.1, -0.05) is 35.4 Å². The minimum Gasteiger partial charge on any atom is -0.354 e. The standard InChI is InChI=1S/C23H24ClN5O/c1-13(2)25-21(30)12-19-23-28-27-15(4)29(23)20-10-5-14(3)11-18(20)22(26-19)16-6-8-17(24)9-7-16/h5-11,13,19H,12H2,1-4H3,(H,25,30)/t19-/m0/s1. The molecule has 0 unspecified atom stereocenters. The maximum absolute atomic E-state index is 12.6. The summed E-state index contributed by atoms with van der Waals surface area (Å²) in [4.78, 5) is 17.7. The number of fused-ring (bicyclic) bond motifs is 3. The molecule has 1 aliphatic heterocycles. The lowest BCUT2D eigenvalue weighted by Crippen LogP contribution is -2.31. The van der Waals surface area contributed by atoms with Crippen LogP contribution in [0.5, 0.6) is 0 Å². The van der Waals surface area contributed by atoms with Crippen molar-refractivity contribution in [2.24, 2.45) is 4.99 Å². The van der Waals surface area contributed by atoms with Crippen molar-refractivity contribution in [3.8, 4) is 5.69 Å². The maximum Gasteiger partial charge on any atom is 0.222 e. The fourth-order valence-electron chi connectivity index (χ4n) is 3.74. The number of halogens is 1. The second-order valence-corrected chi connectivity index (χ2v) is 8.32. The van der Waals surface area contributed by atoms with E-state index in [9.17, 15) is 4.79 Å². The van der Waals surface area contributed by atoms with Gasteiger partial charge in [-0.3, -0.25) is 14.4 Å². The molecule has 0 aliphatic carbocycles. The van der Waals surface area contributed by atoms with E-state index in [0.29, 0.717) is 10.8 Å². The van der Waals surface area contributed by atoms with Crippen LogP contribution < -0.4 is 5.32 Å². The van der Waals surface area contributed by atoms with Crippen molar-refractivity contribution in [2.75, 3.05) is 0 Å². The first-order valence-electron chi connectivity index (χ1n) is 10.00. The molecular formula is C23H24ClN5O. The normalized spacial score (nSPS) is 15.3. The number of aromatic nitrogens is 3. The molecule has 0 saturated heterocycles. The van der Waals surface area contributed by atoms with Crippen LogP contribution in [0, 0.1) is 13.8 Å². The minimum absolute atomic E-state index is 0.0578. The average molecular weight is 422 g/mol. The van der Waals surface area contributed by atoms with Gasteiger partial charge in [0.15, 0.2) is 5.82 Å². The summed E-state index contributed by atoms with van der Waals surface area (Å²) in [7, 11) is 0. The van der Waals surface area contributed by atoms with Crippen LogP contribution >= 0.6 is 11.6 Å². The molecule has 7 heteroatoms. The Balaban J connectivity index is 1.92. The lowest BCUT2D eigenvalue weighted by Gasteiger charge is -2.14. The molecule has 1 N–H and O–H groups in total. The monoisotopic (exact) mass is 421 g/mol. The zero-order chi connectivity index (χ0) is 21.4. The van der Waals surface area contributed by atoms with Crippen LogP contribution in [0.1, 0.15) is 54.6 Å². The van der Waals surface area contributed by atoms with Gasteiger partial charge in [-0.25, -0.2) is 0 Å². The van der Waals surface area contributed by atoms with Crippen LogP contribution in [0.2, 0.25) is 5.02 Å². The van der Waals surface area contributed by atoms with E-state index in [1.54, 1.807) is 0 Å². The van der Waals surface area contributed by atoms with E-state index < -0.39 is 6.04 Å². The topological polar surface area (TPSA) is 72.2 Å². The fourth-order valence-corrected chi connectivity index (χ4v) is 3.87. The van der Waals surface area contributed by atoms with Crippen molar-refractivity contribution < 1.29 is 4.79 Å². The first-order chi connectivity index (χ1) is 14.3. The molecule has 4 rings (SSSR count). The van der Waals surface area contributed by atoms with E-state index in [-0.39, 0.29) is 18.4 Å². The zero-order valence-electron chi connectivity index (χ0n) is 17.5. The lowest BCUT2D eigenvalue weighted by molar-refractivity contribution is -0.121. The smallest absolute Gasteiger partial charge is 0.222 e. The number of carbonyl (C=O) groups is 1. The Morgan fingerprint density at radius 3 is 2.57 bits per heavy atom. The van der Waals surface area contributed by atoms with Crippen LogP contribution in [0.25, 0.3) is 5.69 Å². The number of nitrogens with one attached hydrogen (secondary N) is 1. The Hall–Kier alpha value is -2.99. The van der Waals surface area contributed by atoms with Gasteiger partial charge in [0.1, 0.15) is 11.9 Å². The highest BCUT2D eigenvalue weighted by atomic mass is 35.5. The number of carbonyl (C=O) groups excluding carboxylic acids is 1. The summed E-state index contributed by atoms with van der Waals surface area (Å²) in [6, 6.07) is 13.5. The Bertz CT molecular complexity index is 1130. The van der Waals surface area contributed by atoms with Gasteiger partial charge in [0, 0.05) is 22.2 Å². The van der Waals surface area contributed by atoms with Crippen LogP contribution in [0.3, 0.4) is 0 Å². The second kappa shape index (κ2) is 8.03. The van der Waals surface area contributed by atoms with Gasteiger partial charge in [0.2, 0.25) is 5.91 Å². The highest BCUT2D eigenvalue weighted by molar-refractivity contribution is 6.30. The van der Waals surface area contributed by atoms with Crippen molar-refractivity contribution in [3.05, 3.63) is 75.8 Å². The Morgan fingerprint density at radius 2 is 1.87 bits per heavy atom. The van der Waals surface area contributed by atoms with Gasteiger partial charge in [0.05, 0.1) is 17.8 Å². The third-order valence-corrected chi connectivity index (χ3v) is 5.28. The van der Waals surface area contributed by atoms with E-state index in [4.69, 9.17) is 16.6 Å². The molecule has 2 heterocycles. The van der Waals surface area contributed by atoms with Crippen LogP contribution in [0.15, 0.2) is 47.5 Å². The van der Waals surface area contributed by atoms with Crippen molar-refractivity contribution in [1.82, 2.24) is 20.1 Å². The SMILES string of the molecule is Cc1ccc2c(c1)C(c1ccc(Cl)cc1)=N[C@@H](CC(=O)NC(C)C)c1nnc(C)n1-2. The number of aryl methyl sites for hydroxylation is 2. The molecule has 0 saturated carbocycles. The molecule has 0 bridgehead atoms. The minimum atomic E-state index is -0.455. The Morgan fingerprint density at radius 1 is 1.13 bits per heavy atom. The van der Waals surface area contributed by atoms with Crippen molar-refractivity contribution >= 4 is 23.2 Å². The number of hydrogen-bond acceptors (Lipinski definition) is 4. The van der Waals surface area contributed by atoms with Crippen molar-refractivity contribution in [3.63, 3.8) is 0 Å². The fraction of sp³-hybridized carbons (Fsp3) is 0.304. The summed E-state index contributed by atoms with van der Waals surface area (Å²) in [5, 5.41) is 12.3. The molecule has 1 aromatic heterocycles. The third-order valence-electron chi connectivity index (χ3n) is 5.03. The van der Waals surface area contributed by atoms with Gasteiger partial charge in [-0.05, 0) is 52.0 Å². The molecule has 3 aromatic rings. The molecule has 1 atom stereocenters. The molecule has 30 heavy (non-hydrogen) atoms. The number of hydrogen-bond donors (Lipinski definition) is 1. The molecule has 0 fully saturated rings. The average Bonchev–Trinajstić information content (AvgIpc) is 3.00. The van der Waals surface area contributed by atoms with Gasteiger partial charge < -0.3 is 5.32 Å². The number of aliphatic imine (C=N–C) groups is 1. The Kier molecular flexibility index (Phi) is 5.43. The third kappa shape index (κ3) is 3.87. The predicted octanol–water partition coefficient (Wildman–Crippen LogP) is 4.34. The molecule has 1 amide bonds. The summed E-state index contributed by atoms with van der Waals surface area (Å²) < 4.78 is 2.01. The summed E-state index contributed by atoms with van der Waals surface area (Å²) in [5.74, 6) is 1.36. The first kappa shape index (κ1) is 20.3. The maximum atomic E-state index is 12.6. The van der Waals surface area contributed by atoms with Crippen molar-refractivity contribution in [1.29, 1.82) is 0 Å². The molecular weight excluding hydrogens is 398 g/mol. The molecule has 0 spiro atoms. The summed E-state index contributed by atoms with van der Waals surface area (Å²) in [6.45, 7) is 7.86. The molecule has 154 valence electrons. The lowest BCUT2D eigenvalue weighted by atomic mass is 9.98. The van der Waals surface area contributed by atoms with E-state index >= 15 is 0 Å². The number of benzene rings is 2. The second-order valence-electron chi connectivity index (χ2n) is 7.89. The van der Waals surface area contributed by atoms with E-state index in [0.717, 1.165) is 33.9 Å². The van der Waals surface area contributed by atoms with Crippen molar-refractivity contribution in [2.45, 2.75) is 46.2 Å². The number of rotatable bonds is 4. The van der Waals surface area contributed by atoms with Crippen LogP contribution in [-0.4, -0.2) is 32.4 Å². The molecule has 0 radical (unpaired) electrons. The van der Waals surface area contributed by atoms with Gasteiger partial charge in [-0.2, -0.15) is 0 Å². The molecule has 1 aliphatic rings. The molecule has 6 nitrogen and oxygen atoms in total. The summed E-state index contributed by atoms with van der Waals surface area (Å²) in [6.07, 6.45) is 0.195. The highest BCUT2D eigenvalue weighted by Gasteiger charge is 2.29. The van der Waals surface area contributed by atoms with E-state index in [1.807, 2.05) is 49.6 Å². The van der Waals surface area contributed by atoms with Crippen LogP contribution in [0.4, 0.5) is 0 Å². The zero-order valence-corrected chi connectivity index (χ0v) is 18.2. The highest BCUT2D eigenvalue weighted by Crippen LogP contribution is 2.33. The summed E-state index contributed by atoms with van der Waals surface area (Å²) >= 11 is 6.12.